The van der Waals surface area contributed by atoms with Crippen molar-refractivity contribution < 1.29 is 14.3 Å². The molecule has 0 bridgehead atoms. The molecule has 2 aliphatic rings. The molecule has 2 saturated heterocycles. The van der Waals surface area contributed by atoms with Gasteiger partial charge in [0.05, 0.1) is 18.3 Å². The third-order valence-corrected chi connectivity index (χ3v) is 6.05. The molecule has 4 rings (SSSR count). The second-order valence-corrected chi connectivity index (χ2v) is 8.51. The number of β-amino-alcohol motifs (C(OH)–C–C–N with tert-alkyl or cyclic N) is 1. The first-order valence-electron chi connectivity index (χ1n) is 10.3. The fourth-order valence-electron chi connectivity index (χ4n) is 4.24. The first-order chi connectivity index (χ1) is 13.5. The number of furan rings is 1. The van der Waals surface area contributed by atoms with E-state index in [1.54, 1.807) is 11.0 Å². The molecule has 0 radical (unpaired) electrons. The summed E-state index contributed by atoms with van der Waals surface area (Å²) < 4.78 is 5.85. The molecule has 2 aliphatic heterocycles. The number of aryl methyl sites for hydroxylation is 1. The van der Waals surface area contributed by atoms with Crippen LogP contribution in [0, 0.1) is 18.8 Å². The number of nitrogens with one attached hydrogen (secondary N) is 1. The number of likely N-dealkylation sites (tertiary alicyclic amines) is 2. The van der Waals surface area contributed by atoms with Gasteiger partial charge in [-0.15, -0.1) is 0 Å². The van der Waals surface area contributed by atoms with Gasteiger partial charge in [0.2, 0.25) is 0 Å². The number of aliphatic hydroxyl groups excluding tert-OH is 1. The number of H-pyrrole nitrogens is 1. The Hall–Kier alpha value is -2.12. The van der Waals surface area contributed by atoms with Crippen LogP contribution in [-0.4, -0.2) is 63.3 Å². The van der Waals surface area contributed by atoms with Crippen LogP contribution < -0.4 is 0 Å². The van der Waals surface area contributed by atoms with Gasteiger partial charge in [-0.3, -0.25) is 14.8 Å². The Balaban J connectivity index is 1.33. The zero-order valence-corrected chi connectivity index (χ0v) is 16.7. The van der Waals surface area contributed by atoms with E-state index < -0.39 is 6.10 Å². The van der Waals surface area contributed by atoms with Gasteiger partial charge in [-0.25, -0.2) is 0 Å². The molecule has 2 N–H and O–H groups in total. The summed E-state index contributed by atoms with van der Waals surface area (Å²) >= 11 is 0. The highest BCUT2D eigenvalue weighted by Crippen LogP contribution is 2.24. The lowest BCUT2D eigenvalue weighted by Crippen LogP contribution is -2.32. The van der Waals surface area contributed by atoms with Crippen LogP contribution in [0.1, 0.15) is 47.5 Å². The minimum Gasteiger partial charge on any atom is -0.455 e. The van der Waals surface area contributed by atoms with Crippen LogP contribution in [-0.2, 0) is 13.0 Å². The lowest BCUT2D eigenvalue weighted by atomic mass is 9.99. The van der Waals surface area contributed by atoms with E-state index in [9.17, 15) is 9.90 Å². The summed E-state index contributed by atoms with van der Waals surface area (Å²) in [5, 5.41) is 17.6. The molecule has 152 valence electrons. The molecule has 2 atom stereocenters. The average Bonchev–Trinajstić information content (AvgIpc) is 3.38. The van der Waals surface area contributed by atoms with Gasteiger partial charge in [0, 0.05) is 24.7 Å². The molecule has 7 nitrogen and oxygen atoms in total. The molecule has 4 heterocycles. The first kappa shape index (κ1) is 19.2. The fraction of sp³-hybridized carbons (Fsp3) is 0.619. The Bertz CT molecular complexity index is 806. The number of amides is 1. The molecule has 0 aliphatic carbocycles. The topological polar surface area (TPSA) is 85.6 Å². The number of carbonyl (C=O) groups is 1. The van der Waals surface area contributed by atoms with Gasteiger partial charge in [-0.05, 0) is 63.4 Å². The summed E-state index contributed by atoms with van der Waals surface area (Å²) in [4.78, 5) is 16.9. The SMILES string of the molecule is Cc1cc(C[C@@H]2CN(C(=O)c3ccc(CN4CCC(C)CC4)o3)C[C@@H]2O)n[nH]1. The minimum atomic E-state index is -0.536. The van der Waals surface area contributed by atoms with Crippen molar-refractivity contribution in [3.8, 4) is 0 Å². The maximum absolute atomic E-state index is 12.8. The highest BCUT2D eigenvalue weighted by Gasteiger charge is 2.35. The van der Waals surface area contributed by atoms with Gasteiger partial charge in [0.25, 0.3) is 5.91 Å². The van der Waals surface area contributed by atoms with Gasteiger partial charge >= 0.3 is 0 Å². The number of hydrogen-bond acceptors (Lipinski definition) is 5. The van der Waals surface area contributed by atoms with Crippen LogP contribution in [0.25, 0.3) is 0 Å². The Kier molecular flexibility index (Phi) is 5.55. The molecule has 2 aromatic heterocycles. The monoisotopic (exact) mass is 386 g/mol. The van der Waals surface area contributed by atoms with Crippen molar-refractivity contribution in [1.82, 2.24) is 20.0 Å². The largest absolute Gasteiger partial charge is 0.455 e. The lowest BCUT2D eigenvalue weighted by Gasteiger charge is -2.29. The summed E-state index contributed by atoms with van der Waals surface area (Å²) in [6.07, 6.45) is 2.56. The molecular formula is C21H30N4O3. The van der Waals surface area contributed by atoms with Crippen molar-refractivity contribution in [3.63, 3.8) is 0 Å². The normalized spacial score (nSPS) is 24.2. The van der Waals surface area contributed by atoms with Gasteiger partial charge in [-0.2, -0.15) is 5.10 Å². The van der Waals surface area contributed by atoms with E-state index in [4.69, 9.17) is 4.42 Å². The molecular weight excluding hydrogens is 356 g/mol. The maximum atomic E-state index is 12.8. The Morgan fingerprint density at radius 3 is 2.82 bits per heavy atom. The highest BCUT2D eigenvalue weighted by atomic mass is 16.4. The van der Waals surface area contributed by atoms with Gasteiger partial charge in [0.1, 0.15) is 5.76 Å². The molecule has 7 heteroatoms. The number of rotatable bonds is 5. The molecule has 0 saturated carbocycles. The van der Waals surface area contributed by atoms with E-state index in [2.05, 4.69) is 22.0 Å². The van der Waals surface area contributed by atoms with Crippen molar-refractivity contribution in [3.05, 3.63) is 41.1 Å². The van der Waals surface area contributed by atoms with Gasteiger partial charge in [0.15, 0.2) is 5.76 Å². The van der Waals surface area contributed by atoms with Gasteiger partial charge in [-0.1, -0.05) is 6.92 Å². The standard InChI is InChI=1S/C21H30N4O3/c1-14-5-7-24(8-6-14)12-18-3-4-20(28-18)21(27)25-11-16(19(26)13-25)10-17-9-15(2)22-23-17/h3-4,9,14,16,19,26H,5-8,10-13H2,1-2H3,(H,22,23)/t16-,19+/m1/s1. The van der Waals surface area contributed by atoms with Gasteiger partial charge < -0.3 is 14.4 Å². The van der Waals surface area contributed by atoms with E-state index in [1.807, 2.05) is 19.1 Å². The van der Waals surface area contributed by atoms with Crippen molar-refractivity contribution in [1.29, 1.82) is 0 Å². The van der Waals surface area contributed by atoms with Crippen molar-refractivity contribution in [2.24, 2.45) is 11.8 Å². The third-order valence-electron chi connectivity index (χ3n) is 6.05. The predicted molar refractivity (Wildman–Crippen MR) is 105 cm³/mol. The van der Waals surface area contributed by atoms with Crippen LogP contribution in [0.2, 0.25) is 0 Å². The number of piperidine rings is 1. The fourth-order valence-corrected chi connectivity index (χ4v) is 4.24. The average molecular weight is 386 g/mol. The van der Waals surface area contributed by atoms with Crippen LogP contribution in [0.3, 0.4) is 0 Å². The van der Waals surface area contributed by atoms with Crippen molar-refractivity contribution in [2.75, 3.05) is 26.2 Å². The summed E-state index contributed by atoms with van der Waals surface area (Å²) in [7, 11) is 0. The minimum absolute atomic E-state index is 0.00331. The van der Waals surface area contributed by atoms with E-state index in [0.717, 1.165) is 42.7 Å². The Morgan fingerprint density at radius 2 is 2.11 bits per heavy atom. The number of hydrogen-bond donors (Lipinski definition) is 2. The van der Waals surface area contributed by atoms with Crippen molar-refractivity contribution >= 4 is 5.91 Å². The summed E-state index contributed by atoms with van der Waals surface area (Å²) in [6, 6.07) is 5.65. The molecule has 0 aromatic carbocycles. The zero-order valence-electron chi connectivity index (χ0n) is 16.7. The molecule has 2 aromatic rings. The van der Waals surface area contributed by atoms with Crippen molar-refractivity contribution in [2.45, 2.75) is 45.8 Å². The number of aromatic nitrogens is 2. The summed E-state index contributed by atoms with van der Waals surface area (Å²) in [6.45, 7) is 8.03. The third kappa shape index (κ3) is 4.31. The number of nitrogens with zero attached hydrogens (tertiary/aromatic N) is 3. The number of carbonyl (C=O) groups excluding carboxylic acids is 1. The second kappa shape index (κ2) is 8.09. The second-order valence-electron chi connectivity index (χ2n) is 8.51. The Morgan fingerprint density at radius 1 is 1.32 bits per heavy atom. The number of aromatic amines is 1. The maximum Gasteiger partial charge on any atom is 0.289 e. The van der Waals surface area contributed by atoms with E-state index in [-0.39, 0.29) is 11.8 Å². The lowest BCUT2D eigenvalue weighted by molar-refractivity contribution is 0.0728. The smallest absolute Gasteiger partial charge is 0.289 e. The molecule has 0 spiro atoms. The quantitative estimate of drug-likeness (QED) is 0.823. The summed E-state index contributed by atoms with van der Waals surface area (Å²) in [5.41, 5.74) is 1.92. The highest BCUT2D eigenvalue weighted by molar-refractivity contribution is 5.91. The zero-order chi connectivity index (χ0) is 19.7. The predicted octanol–water partition coefficient (Wildman–Crippen LogP) is 2.22. The molecule has 0 unspecified atom stereocenters. The van der Waals surface area contributed by atoms with Crippen LogP contribution in [0.5, 0.6) is 0 Å². The van der Waals surface area contributed by atoms with Crippen LogP contribution >= 0.6 is 0 Å². The molecule has 1 amide bonds. The van der Waals surface area contributed by atoms with Crippen LogP contribution in [0.4, 0.5) is 0 Å². The van der Waals surface area contributed by atoms with E-state index >= 15 is 0 Å². The van der Waals surface area contributed by atoms with E-state index in [1.165, 1.54) is 12.8 Å². The first-order valence-corrected chi connectivity index (χ1v) is 10.3. The van der Waals surface area contributed by atoms with Crippen LogP contribution in [0.15, 0.2) is 22.6 Å². The molecule has 28 heavy (non-hydrogen) atoms. The Labute approximate surface area is 165 Å². The summed E-state index contributed by atoms with van der Waals surface area (Å²) in [5.74, 6) is 1.85. The van der Waals surface area contributed by atoms with E-state index in [0.29, 0.717) is 25.3 Å². The number of aliphatic hydroxyl groups is 1. The molecule has 2 fully saturated rings.